The molecule has 0 unspecified atom stereocenters. The van der Waals surface area contributed by atoms with E-state index in [0.717, 1.165) is 0 Å². The molecule has 2 atom stereocenters. The second-order valence-corrected chi connectivity index (χ2v) is 4.88. The Hall–Kier alpha value is -1.84. The third-order valence-electron chi connectivity index (χ3n) is 3.27. The van der Waals surface area contributed by atoms with Gasteiger partial charge < -0.3 is 9.84 Å². The van der Waals surface area contributed by atoms with E-state index in [0.29, 0.717) is 12.0 Å². The normalized spacial score (nSPS) is 25.8. The van der Waals surface area contributed by atoms with Gasteiger partial charge in [-0.3, -0.25) is 9.59 Å². The SMILES string of the molecule is CC(C)OC(=O)[C@H]1C[C@]1(C(=O)O)c1ccccc1. The Balaban J connectivity index is 2.24. The second kappa shape index (κ2) is 4.44. The lowest BCUT2D eigenvalue weighted by molar-refractivity contribution is -0.152. The molecule has 1 aromatic rings. The van der Waals surface area contributed by atoms with E-state index in [-0.39, 0.29) is 6.10 Å². The largest absolute Gasteiger partial charge is 0.481 e. The number of carbonyl (C=O) groups excluding carboxylic acids is 1. The Morgan fingerprint density at radius 3 is 2.44 bits per heavy atom. The van der Waals surface area contributed by atoms with Crippen LogP contribution in [0.2, 0.25) is 0 Å². The first kappa shape index (κ1) is 12.6. The van der Waals surface area contributed by atoms with Crippen molar-refractivity contribution in [3.8, 4) is 0 Å². The van der Waals surface area contributed by atoms with Crippen LogP contribution < -0.4 is 0 Å². The standard InChI is InChI=1S/C14H16O4/c1-9(2)18-12(15)11-8-14(11,13(16)17)10-6-4-3-5-7-10/h3-7,9,11H,8H2,1-2H3,(H,16,17)/t11-,14+/m1/s1. The lowest BCUT2D eigenvalue weighted by Crippen LogP contribution is -2.27. The highest BCUT2D eigenvalue weighted by Crippen LogP contribution is 2.55. The summed E-state index contributed by atoms with van der Waals surface area (Å²) in [4.78, 5) is 23.3. The van der Waals surface area contributed by atoms with Crippen LogP contribution in [0.3, 0.4) is 0 Å². The van der Waals surface area contributed by atoms with Crippen molar-refractivity contribution >= 4 is 11.9 Å². The molecule has 2 rings (SSSR count). The quantitative estimate of drug-likeness (QED) is 0.827. The van der Waals surface area contributed by atoms with E-state index in [2.05, 4.69) is 0 Å². The number of hydrogen-bond donors (Lipinski definition) is 1. The van der Waals surface area contributed by atoms with Crippen LogP contribution in [0.1, 0.15) is 25.8 Å². The van der Waals surface area contributed by atoms with Gasteiger partial charge in [0.05, 0.1) is 12.0 Å². The fourth-order valence-corrected chi connectivity index (χ4v) is 2.28. The molecule has 4 nitrogen and oxygen atoms in total. The van der Waals surface area contributed by atoms with E-state index < -0.39 is 23.3 Å². The summed E-state index contributed by atoms with van der Waals surface area (Å²) in [7, 11) is 0. The summed E-state index contributed by atoms with van der Waals surface area (Å²) in [6.45, 7) is 3.51. The van der Waals surface area contributed by atoms with Crippen molar-refractivity contribution in [2.75, 3.05) is 0 Å². The monoisotopic (exact) mass is 248 g/mol. The molecule has 0 aliphatic heterocycles. The summed E-state index contributed by atoms with van der Waals surface area (Å²) in [6, 6.07) is 8.88. The molecule has 18 heavy (non-hydrogen) atoms. The maximum Gasteiger partial charge on any atom is 0.315 e. The minimum absolute atomic E-state index is 0.222. The highest BCUT2D eigenvalue weighted by Gasteiger charge is 2.66. The van der Waals surface area contributed by atoms with E-state index >= 15 is 0 Å². The van der Waals surface area contributed by atoms with E-state index in [1.807, 2.05) is 6.07 Å². The third-order valence-corrected chi connectivity index (χ3v) is 3.27. The van der Waals surface area contributed by atoms with Gasteiger partial charge in [-0.2, -0.15) is 0 Å². The first-order valence-corrected chi connectivity index (χ1v) is 5.98. The predicted molar refractivity (Wildman–Crippen MR) is 65.1 cm³/mol. The van der Waals surface area contributed by atoms with Crippen molar-refractivity contribution in [1.29, 1.82) is 0 Å². The maximum absolute atomic E-state index is 11.8. The van der Waals surface area contributed by atoms with Crippen LogP contribution >= 0.6 is 0 Å². The van der Waals surface area contributed by atoms with Crippen molar-refractivity contribution in [2.24, 2.45) is 5.92 Å². The molecule has 1 aliphatic carbocycles. The van der Waals surface area contributed by atoms with Crippen molar-refractivity contribution < 1.29 is 19.4 Å². The lowest BCUT2D eigenvalue weighted by atomic mass is 9.93. The second-order valence-electron chi connectivity index (χ2n) is 4.88. The maximum atomic E-state index is 11.8. The summed E-state index contributed by atoms with van der Waals surface area (Å²) in [5.74, 6) is -1.95. The summed E-state index contributed by atoms with van der Waals surface area (Å²) in [5, 5.41) is 9.40. The molecule has 0 saturated heterocycles. The van der Waals surface area contributed by atoms with Gasteiger partial charge >= 0.3 is 11.9 Å². The molecular formula is C14H16O4. The number of benzene rings is 1. The Morgan fingerprint density at radius 2 is 1.94 bits per heavy atom. The highest BCUT2D eigenvalue weighted by molar-refractivity contribution is 5.95. The van der Waals surface area contributed by atoms with Crippen molar-refractivity contribution in [3.05, 3.63) is 35.9 Å². The molecule has 1 aliphatic rings. The summed E-state index contributed by atoms with van der Waals surface area (Å²) in [5.41, 5.74) is -0.420. The fourth-order valence-electron chi connectivity index (χ4n) is 2.28. The molecule has 0 aromatic heterocycles. The van der Waals surface area contributed by atoms with Gasteiger partial charge in [-0.05, 0) is 25.8 Å². The molecule has 1 saturated carbocycles. The molecule has 0 amide bonds. The molecule has 0 spiro atoms. The first-order valence-electron chi connectivity index (χ1n) is 5.98. The molecule has 1 fully saturated rings. The van der Waals surface area contributed by atoms with Crippen LogP contribution in [0.4, 0.5) is 0 Å². The number of carboxylic acids is 1. The Kier molecular flexibility index (Phi) is 3.11. The first-order chi connectivity index (χ1) is 8.48. The average Bonchev–Trinajstić information content (AvgIpc) is 3.06. The van der Waals surface area contributed by atoms with Gasteiger partial charge in [0.1, 0.15) is 5.41 Å². The van der Waals surface area contributed by atoms with E-state index in [9.17, 15) is 14.7 Å². The number of aliphatic carboxylic acids is 1. The van der Waals surface area contributed by atoms with Crippen LogP contribution in [-0.2, 0) is 19.7 Å². The van der Waals surface area contributed by atoms with Crippen molar-refractivity contribution in [1.82, 2.24) is 0 Å². The topological polar surface area (TPSA) is 63.6 Å². The molecule has 1 aromatic carbocycles. The van der Waals surface area contributed by atoms with Gasteiger partial charge in [0.2, 0.25) is 0 Å². The van der Waals surface area contributed by atoms with Gasteiger partial charge in [0, 0.05) is 0 Å². The summed E-state index contributed by atoms with van der Waals surface area (Å²) in [6.07, 6.45) is 0.0955. The van der Waals surface area contributed by atoms with E-state index in [4.69, 9.17) is 4.74 Å². The summed E-state index contributed by atoms with van der Waals surface area (Å²) >= 11 is 0. The smallest absolute Gasteiger partial charge is 0.315 e. The predicted octanol–water partition coefficient (Wildman–Crippen LogP) is 1.98. The number of esters is 1. The zero-order valence-corrected chi connectivity index (χ0v) is 10.4. The molecule has 0 heterocycles. The van der Waals surface area contributed by atoms with Crippen LogP contribution in [-0.4, -0.2) is 23.1 Å². The van der Waals surface area contributed by atoms with Crippen LogP contribution in [0.15, 0.2) is 30.3 Å². The van der Waals surface area contributed by atoms with E-state index in [1.165, 1.54) is 0 Å². The molecular weight excluding hydrogens is 232 g/mol. The number of carboxylic acid groups (broad SMARTS) is 1. The highest BCUT2D eigenvalue weighted by atomic mass is 16.5. The Labute approximate surface area is 106 Å². The number of hydrogen-bond acceptors (Lipinski definition) is 3. The van der Waals surface area contributed by atoms with Crippen molar-refractivity contribution in [3.63, 3.8) is 0 Å². The zero-order valence-electron chi connectivity index (χ0n) is 10.4. The lowest BCUT2D eigenvalue weighted by Gasteiger charge is -2.13. The van der Waals surface area contributed by atoms with Crippen LogP contribution in [0.5, 0.6) is 0 Å². The van der Waals surface area contributed by atoms with Gasteiger partial charge in [-0.25, -0.2) is 0 Å². The minimum atomic E-state index is -1.09. The molecule has 4 heteroatoms. The Bertz CT molecular complexity index is 466. The molecule has 0 radical (unpaired) electrons. The average molecular weight is 248 g/mol. The van der Waals surface area contributed by atoms with Crippen LogP contribution in [0, 0.1) is 5.92 Å². The van der Waals surface area contributed by atoms with E-state index in [1.54, 1.807) is 38.1 Å². The summed E-state index contributed by atoms with van der Waals surface area (Å²) < 4.78 is 5.10. The number of carbonyl (C=O) groups is 2. The van der Waals surface area contributed by atoms with Crippen molar-refractivity contribution in [2.45, 2.75) is 31.8 Å². The minimum Gasteiger partial charge on any atom is -0.481 e. The van der Waals surface area contributed by atoms with Gasteiger partial charge in [0.15, 0.2) is 0 Å². The Morgan fingerprint density at radius 1 is 1.33 bits per heavy atom. The molecule has 96 valence electrons. The van der Waals surface area contributed by atoms with Gasteiger partial charge in [-0.1, -0.05) is 30.3 Å². The fraction of sp³-hybridized carbons (Fsp3) is 0.429. The number of ether oxygens (including phenoxy) is 1. The third kappa shape index (κ3) is 1.98. The van der Waals surface area contributed by atoms with Gasteiger partial charge in [0.25, 0.3) is 0 Å². The van der Waals surface area contributed by atoms with Crippen LogP contribution in [0.25, 0.3) is 0 Å². The van der Waals surface area contributed by atoms with Gasteiger partial charge in [-0.15, -0.1) is 0 Å². The molecule has 1 N–H and O–H groups in total. The molecule has 0 bridgehead atoms. The number of rotatable bonds is 4. The zero-order chi connectivity index (χ0) is 13.3.